The molecule has 1 aliphatic rings. The summed E-state index contributed by atoms with van der Waals surface area (Å²) in [6, 6.07) is 6.47. The smallest absolute Gasteiger partial charge is 0.0945 e. The van der Waals surface area contributed by atoms with Crippen molar-refractivity contribution in [3.8, 4) is 0 Å². The Bertz CT molecular complexity index is 395. The van der Waals surface area contributed by atoms with E-state index in [9.17, 15) is 5.11 Å². The summed E-state index contributed by atoms with van der Waals surface area (Å²) in [5, 5.41) is 13.0. The van der Waals surface area contributed by atoms with E-state index in [1.54, 1.807) is 7.11 Å². The van der Waals surface area contributed by atoms with Gasteiger partial charge in [-0.1, -0.05) is 6.07 Å². The summed E-state index contributed by atoms with van der Waals surface area (Å²) in [6.45, 7) is 1.92. The van der Waals surface area contributed by atoms with Crippen LogP contribution < -0.4 is 5.32 Å². The van der Waals surface area contributed by atoms with Crippen molar-refractivity contribution in [1.29, 1.82) is 0 Å². The molecule has 1 unspecified atom stereocenters. The zero-order valence-corrected chi connectivity index (χ0v) is 11.5. The van der Waals surface area contributed by atoms with Gasteiger partial charge in [-0.3, -0.25) is 0 Å². The summed E-state index contributed by atoms with van der Waals surface area (Å²) in [6.07, 6.45) is 3.14. The average molecular weight is 265 g/mol. The van der Waals surface area contributed by atoms with Gasteiger partial charge in [0, 0.05) is 19.3 Å². The highest BCUT2D eigenvalue weighted by Gasteiger charge is 2.11. The van der Waals surface area contributed by atoms with Crippen LogP contribution in [-0.2, 0) is 22.3 Å². The second-order valence-corrected chi connectivity index (χ2v) is 4.94. The molecule has 1 aliphatic carbocycles. The molecule has 4 nitrogen and oxygen atoms in total. The first-order chi connectivity index (χ1) is 9.29. The Morgan fingerprint density at radius 3 is 2.95 bits per heavy atom. The highest BCUT2D eigenvalue weighted by molar-refractivity contribution is 5.50. The van der Waals surface area contributed by atoms with Gasteiger partial charge in [-0.2, -0.15) is 0 Å². The number of nitrogens with one attached hydrogen (secondary N) is 1. The lowest BCUT2D eigenvalue weighted by atomic mass is 10.1. The molecule has 0 saturated carbocycles. The van der Waals surface area contributed by atoms with Crippen molar-refractivity contribution in [1.82, 2.24) is 0 Å². The standard InChI is InChI=1S/C15H23NO3/c1-18-7-8-19-11-15(17)10-16-14-6-5-12-3-2-4-13(12)9-14/h5-6,9,15-17H,2-4,7-8,10-11H2,1H3. The van der Waals surface area contributed by atoms with Gasteiger partial charge < -0.3 is 19.9 Å². The predicted octanol–water partition coefficient (Wildman–Crippen LogP) is 1.61. The van der Waals surface area contributed by atoms with Gasteiger partial charge in [0.2, 0.25) is 0 Å². The van der Waals surface area contributed by atoms with E-state index in [0.29, 0.717) is 26.4 Å². The average Bonchev–Trinajstić information content (AvgIpc) is 2.89. The number of aliphatic hydroxyl groups excluding tert-OH is 1. The number of ether oxygens (including phenoxy) is 2. The molecule has 0 radical (unpaired) electrons. The molecule has 1 aromatic rings. The number of hydrogen-bond donors (Lipinski definition) is 2. The summed E-state index contributed by atoms with van der Waals surface area (Å²) in [5.74, 6) is 0. The van der Waals surface area contributed by atoms with Crippen LogP contribution in [-0.4, -0.2) is 44.7 Å². The van der Waals surface area contributed by atoms with Gasteiger partial charge in [-0.05, 0) is 42.5 Å². The summed E-state index contributed by atoms with van der Waals surface area (Å²) in [7, 11) is 1.63. The molecule has 0 fully saturated rings. The molecule has 0 aliphatic heterocycles. The SMILES string of the molecule is COCCOCC(O)CNc1ccc2c(c1)CCC2. The number of anilines is 1. The van der Waals surface area contributed by atoms with Crippen molar-refractivity contribution < 1.29 is 14.6 Å². The minimum absolute atomic E-state index is 0.335. The van der Waals surface area contributed by atoms with E-state index in [-0.39, 0.29) is 0 Å². The Hall–Kier alpha value is -1.10. The summed E-state index contributed by atoms with van der Waals surface area (Å²) in [5.41, 5.74) is 3.99. The van der Waals surface area contributed by atoms with E-state index >= 15 is 0 Å². The van der Waals surface area contributed by atoms with Crippen molar-refractivity contribution in [2.45, 2.75) is 25.4 Å². The van der Waals surface area contributed by atoms with Gasteiger partial charge >= 0.3 is 0 Å². The summed E-state index contributed by atoms with van der Waals surface area (Å²) in [4.78, 5) is 0. The van der Waals surface area contributed by atoms with E-state index in [0.717, 1.165) is 5.69 Å². The largest absolute Gasteiger partial charge is 0.389 e. The van der Waals surface area contributed by atoms with Gasteiger partial charge in [0.25, 0.3) is 0 Å². The number of aliphatic hydroxyl groups is 1. The molecule has 106 valence electrons. The third kappa shape index (κ3) is 4.49. The molecule has 0 spiro atoms. The molecular formula is C15H23NO3. The van der Waals surface area contributed by atoms with E-state index in [1.165, 1.54) is 30.4 Å². The minimum Gasteiger partial charge on any atom is -0.389 e. The zero-order valence-electron chi connectivity index (χ0n) is 11.5. The number of methoxy groups -OCH3 is 1. The van der Waals surface area contributed by atoms with Gasteiger partial charge in [0.05, 0.1) is 25.9 Å². The molecule has 4 heteroatoms. The number of rotatable bonds is 8. The third-order valence-electron chi connectivity index (χ3n) is 3.38. The van der Waals surface area contributed by atoms with Crippen LogP contribution in [0.25, 0.3) is 0 Å². The lowest BCUT2D eigenvalue weighted by Crippen LogP contribution is -2.25. The number of aryl methyl sites for hydroxylation is 2. The fraction of sp³-hybridized carbons (Fsp3) is 0.600. The maximum absolute atomic E-state index is 9.77. The van der Waals surface area contributed by atoms with Crippen LogP contribution in [0.1, 0.15) is 17.5 Å². The molecule has 0 heterocycles. The van der Waals surface area contributed by atoms with Gasteiger partial charge in [0.1, 0.15) is 0 Å². The number of fused-ring (bicyclic) bond motifs is 1. The Morgan fingerprint density at radius 2 is 2.11 bits per heavy atom. The van der Waals surface area contributed by atoms with Crippen molar-refractivity contribution in [3.63, 3.8) is 0 Å². The van der Waals surface area contributed by atoms with Crippen molar-refractivity contribution in [2.24, 2.45) is 0 Å². The normalized spacial score (nSPS) is 15.3. The highest BCUT2D eigenvalue weighted by atomic mass is 16.5. The van der Waals surface area contributed by atoms with Crippen LogP contribution in [0.3, 0.4) is 0 Å². The molecule has 0 amide bonds. The first-order valence-corrected chi connectivity index (χ1v) is 6.90. The minimum atomic E-state index is -0.495. The predicted molar refractivity (Wildman–Crippen MR) is 75.7 cm³/mol. The second kappa shape index (κ2) is 7.48. The van der Waals surface area contributed by atoms with E-state index in [2.05, 4.69) is 23.5 Å². The second-order valence-electron chi connectivity index (χ2n) is 4.94. The molecule has 0 bridgehead atoms. The summed E-state index contributed by atoms with van der Waals surface area (Å²) < 4.78 is 10.2. The molecule has 0 aromatic heterocycles. The van der Waals surface area contributed by atoms with Gasteiger partial charge in [0.15, 0.2) is 0 Å². The first-order valence-electron chi connectivity index (χ1n) is 6.90. The van der Waals surface area contributed by atoms with Crippen LogP contribution in [0.2, 0.25) is 0 Å². The Labute approximate surface area is 114 Å². The first kappa shape index (κ1) is 14.3. The zero-order chi connectivity index (χ0) is 13.5. The molecule has 19 heavy (non-hydrogen) atoms. The number of hydrogen-bond acceptors (Lipinski definition) is 4. The third-order valence-corrected chi connectivity index (χ3v) is 3.38. The topological polar surface area (TPSA) is 50.7 Å². The van der Waals surface area contributed by atoms with Gasteiger partial charge in [-0.15, -0.1) is 0 Å². The highest BCUT2D eigenvalue weighted by Crippen LogP contribution is 2.24. The fourth-order valence-corrected chi connectivity index (χ4v) is 2.34. The Kier molecular flexibility index (Phi) is 5.63. The maximum Gasteiger partial charge on any atom is 0.0945 e. The van der Waals surface area contributed by atoms with Gasteiger partial charge in [-0.25, -0.2) is 0 Å². The van der Waals surface area contributed by atoms with Crippen molar-refractivity contribution in [3.05, 3.63) is 29.3 Å². The Morgan fingerprint density at radius 1 is 1.26 bits per heavy atom. The molecule has 2 N–H and O–H groups in total. The molecule has 1 atom stereocenters. The van der Waals surface area contributed by atoms with Crippen LogP contribution in [0, 0.1) is 0 Å². The molecule has 2 rings (SSSR count). The van der Waals surface area contributed by atoms with Crippen LogP contribution in [0.15, 0.2) is 18.2 Å². The monoisotopic (exact) mass is 265 g/mol. The lowest BCUT2D eigenvalue weighted by molar-refractivity contribution is 0.0182. The molecule has 1 aromatic carbocycles. The Balaban J connectivity index is 1.70. The fourth-order valence-electron chi connectivity index (χ4n) is 2.34. The van der Waals surface area contributed by atoms with Crippen molar-refractivity contribution in [2.75, 3.05) is 38.8 Å². The van der Waals surface area contributed by atoms with Crippen molar-refractivity contribution >= 4 is 5.69 Å². The lowest BCUT2D eigenvalue weighted by Gasteiger charge is -2.14. The van der Waals surface area contributed by atoms with Crippen LogP contribution in [0.4, 0.5) is 5.69 Å². The molecule has 0 saturated heterocycles. The van der Waals surface area contributed by atoms with Crippen LogP contribution >= 0.6 is 0 Å². The van der Waals surface area contributed by atoms with E-state index in [4.69, 9.17) is 9.47 Å². The maximum atomic E-state index is 9.77. The summed E-state index contributed by atoms with van der Waals surface area (Å²) >= 11 is 0. The number of benzene rings is 1. The molecular weight excluding hydrogens is 242 g/mol. The van der Waals surface area contributed by atoms with Crippen LogP contribution in [0.5, 0.6) is 0 Å². The van der Waals surface area contributed by atoms with E-state index in [1.807, 2.05) is 0 Å². The van der Waals surface area contributed by atoms with E-state index < -0.39 is 6.10 Å². The quantitative estimate of drug-likeness (QED) is 0.701.